The molecule has 0 aliphatic carbocycles. The average Bonchev–Trinajstić information content (AvgIpc) is 3.35. The molecule has 1 heterocycles. The lowest BCUT2D eigenvalue weighted by Gasteiger charge is -2.12. The van der Waals surface area contributed by atoms with Crippen molar-refractivity contribution in [1.82, 2.24) is 9.78 Å². The molecule has 0 aliphatic rings. The van der Waals surface area contributed by atoms with Crippen LogP contribution in [-0.2, 0) is 4.79 Å². The van der Waals surface area contributed by atoms with Gasteiger partial charge in [-0.15, -0.1) is 0 Å². The van der Waals surface area contributed by atoms with E-state index in [1.807, 2.05) is 73.7 Å². The van der Waals surface area contributed by atoms with Crippen LogP contribution in [0, 0.1) is 6.92 Å². The third-order valence-corrected chi connectivity index (χ3v) is 6.46. The Morgan fingerprint density at radius 1 is 0.829 bits per heavy atom. The molecular formula is C33H29N3O5. The Bertz CT molecular complexity index is 1710. The summed E-state index contributed by atoms with van der Waals surface area (Å²) in [5.41, 5.74) is 5.47. The van der Waals surface area contributed by atoms with Gasteiger partial charge in [-0.25, -0.2) is 0 Å². The zero-order valence-electron chi connectivity index (χ0n) is 23.2. The number of nitrogens with zero attached hydrogens (tertiary/aromatic N) is 2. The minimum Gasteiger partial charge on any atom is -0.497 e. The first-order valence-electron chi connectivity index (χ1n) is 13.0. The molecule has 1 amide bonds. The van der Waals surface area contributed by atoms with Crippen LogP contribution in [0.15, 0.2) is 97.1 Å². The van der Waals surface area contributed by atoms with Crippen molar-refractivity contribution in [2.75, 3.05) is 19.5 Å². The van der Waals surface area contributed by atoms with Crippen LogP contribution in [0.1, 0.15) is 22.8 Å². The maximum Gasteiger partial charge on any atom is 0.309 e. The van der Waals surface area contributed by atoms with Crippen molar-refractivity contribution in [2.45, 2.75) is 13.8 Å². The Morgan fingerprint density at radius 3 is 2.24 bits per heavy atom. The highest BCUT2D eigenvalue weighted by atomic mass is 16.5. The third kappa shape index (κ3) is 5.81. The molecule has 0 unspecified atom stereocenters. The number of amides is 1. The molecule has 8 heteroatoms. The summed E-state index contributed by atoms with van der Waals surface area (Å²) < 4.78 is 18.5. The van der Waals surface area contributed by atoms with Crippen molar-refractivity contribution in [1.29, 1.82) is 0 Å². The molecular weight excluding hydrogens is 518 g/mol. The minimum absolute atomic E-state index is 0.213. The molecule has 0 spiro atoms. The first-order chi connectivity index (χ1) is 19.9. The van der Waals surface area contributed by atoms with Gasteiger partial charge < -0.3 is 19.5 Å². The lowest BCUT2D eigenvalue weighted by atomic mass is 10.00. The van der Waals surface area contributed by atoms with Gasteiger partial charge in [0.2, 0.25) is 5.88 Å². The molecule has 5 aromatic rings. The van der Waals surface area contributed by atoms with Gasteiger partial charge in [-0.3, -0.25) is 9.59 Å². The lowest BCUT2D eigenvalue weighted by Crippen LogP contribution is -2.11. The largest absolute Gasteiger partial charge is 0.497 e. The highest BCUT2D eigenvalue weighted by Gasteiger charge is 2.26. The van der Waals surface area contributed by atoms with E-state index in [9.17, 15) is 9.59 Å². The molecule has 5 rings (SSSR count). The predicted octanol–water partition coefficient (Wildman–Crippen LogP) is 6.71. The highest BCUT2D eigenvalue weighted by Crippen LogP contribution is 2.44. The summed E-state index contributed by atoms with van der Waals surface area (Å²) in [6.45, 7) is 3.34. The Kier molecular flexibility index (Phi) is 7.83. The van der Waals surface area contributed by atoms with Gasteiger partial charge >= 0.3 is 5.97 Å². The number of nitrogens with one attached hydrogen (secondary N) is 1. The fourth-order valence-corrected chi connectivity index (χ4v) is 4.52. The molecule has 1 N–H and O–H groups in total. The average molecular weight is 548 g/mol. The predicted molar refractivity (Wildman–Crippen MR) is 158 cm³/mol. The molecule has 4 aromatic carbocycles. The van der Waals surface area contributed by atoms with Crippen LogP contribution in [0.25, 0.3) is 28.1 Å². The molecule has 41 heavy (non-hydrogen) atoms. The van der Waals surface area contributed by atoms with Gasteiger partial charge in [0.05, 0.1) is 25.5 Å². The topological polar surface area (TPSA) is 91.7 Å². The second-order valence-electron chi connectivity index (χ2n) is 9.34. The Balaban J connectivity index is 1.67. The van der Waals surface area contributed by atoms with Gasteiger partial charge in [-0.2, -0.15) is 9.78 Å². The molecule has 0 bridgehead atoms. The molecule has 0 atom stereocenters. The van der Waals surface area contributed by atoms with Crippen molar-refractivity contribution in [2.24, 2.45) is 0 Å². The summed E-state index contributed by atoms with van der Waals surface area (Å²) in [5, 5.41) is 7.86. The standard InChI is InChI=1S/C33H29N3O5/c1-21-9-8-12-26(19-21)36-33(41-22(2)37)30(31(35-36)28-18-17-27(39-3)20-29(28)40-4)23-13-15-25(16-14-23)34-32(38)24-10-6-5-7-11-24/h5-20H,1-4H3,(H,34,38). The van der Waals surface area contributed by atoms with Crippen LogP contribution < -0.4 is 19.5 Å². The summed E-state index contributed by atoms with van der Waals surface area (Å²) in [7, 11) is 3.16. The van der Waals surface area contributed by atoms with Crippen molar-refractivity contribution in [3.63, 3.8) is 0 Å². The number of anilines is 1. The number of rotatable bonds is 8. The van der Waals surface area contributed by atoms with E-state index in [0.29, 0.717) is 39.6 Å². The monoisotopic (exact) mass is 547 g/mol. The summed E-state index contributed by atoms with van der Waals surface area (Å²) in [4.78, 5) is 25.0. The second-order valence-corrected chi connectivity index (χ2v) is 9.34. The number of carbonyl (C=O) groups excluding carboxylic acids is 2. The number of benzene rings is 4. The summed E-state index contributed by atoms with van der Waals surface area (Å²) >= 11 is 0. The van der Waals surface area contributed by atoms with Crippen molar-refractivity contribution >= 4 is 17.6 Å². The van der Waals surface area contributed by atoms with Crippen molar-refractivity contribution < 1.29 is 23.8 Å². The number of hydrogen-bond acceptors (Lipinski definition) is 6. The molecule has 0 radical (unpaired) electrons. The number of carbonyl (C=O) groups is 2. The summed E-state index contributed by atoms with van der Waals surface area (Å²) in [5.74, 6) is 0.733. The van der Waals surface area contributed by atoms with E-state index >= 15 is 0 Å². The van der Waals surface area contributed by atoms with Crippen LogP contribution >= 0.6 is 0 Å². The fraction of sp³-hybridized carbons (Fsp3) is 0.121. The number of methoxy groups -OCH3 is 2. The summed E-state index contributed by atoms with van der Waals surface area (Å²) in [6.07, 6.45) is 0. The van der Waals surface area contributed by atoms with Gasteiger partial charge in [0.15, 0.2) is 0 Å². The van der Waals surface area contributed by atoms with E-state index < -0.39 is 5.97 Å². The second kappa shape index (κ2) is 11.8. The first kappa shape index (κ1) is 27.2. The molecule has 206 valence electrons. The van der Waals surface area contributed by atoms with Crippen LogP contribution in [0.4, 0.5) is 5.69 Å². The van der Waals surface area contributed by atoms with Crippen LogP contribution in [-0.4, -0.2) is 35.9 Å². The Hall–Kier alpha value is -5.37. The van der Waals surface area contributed by atoms with Crippen LogP contribution in [0.3, 0.4) is 0 Å². The fourth-order valence-electron chi connectivity index (χ4n) is 4.52. The maximum absolute atomic E-state index is 12.7. The van der Waals surface area contributed by atoms with Crippen LogP contribution in [0.2, 0.25) is 0 Å². The number of esters is 1. The van der Waals surface area contributed by atoms with Gasteiger partial charge in [0.25, 0.3) is 5.91 Å². The van der Waals surface area contributed by atoms with Gasteiger partial charge in [-0.05, 0) is 66.6 Å². The summed E-state index contributed by atoms with van der Waals surface area (Å²) in [6, 6.07) is 29.5. The lowest BCUT2D eigenvalue weighted by molar-refractivity contribution is -0.132. The maximum atomic E-state index is 12.7. The van der Waals surface area contributed by atoms with Gasteiger partial charge in [-0.1, -0.05) is 42.5 Å². The van der Waals surface area contributed by atoms with E-state index in [2.05, 4.69) is 5.32 Å². The van der Waals surface area contributed by atoms with Gasteiger partial charge in [0.1, 0.15) is 17.2 Å². The number of hydrogen-bond donors (Lipinski definition) is 1. The number of aromatic nitrogens is 2. The van der Waals surface area contributed by atoms with E-state index in [0.717, 1.165) is 16.8 Å². The quantitative estimate of drug-likeness (QED) is 0.217. The SMILES string of the molecule is COc1ccc(-c2nn(-c3cccc(C)c3)c(OC(C)=O)c2-c2ccc(NC(=O)c3ccccc3)cc2)c(OC)c1. The van der Waals surface area contributed by atoms with Crippen molar-refractivity contribution in [3.8, 4) is 45.5 Å². The molecule has 8 nitrogen and oxygen atoms in total. The third-order valence-electron chi connectivity index (χ3n) is 6.46. The molecule has 1 aromatic heterocycles. The van der Waals surface area contributed by atoms with Gasteiger partial charge in [0, 0.05) is 29.8 Å². The molecule has 0 fully saturated rings. The molecule has 0 saturated heterocycles. The number of ether oxygens (including phenoxy) is 3. The minimum atomic E-state index is -0.486. The van der Waals surface area contributed by atoms with Crippen LogP contribution in [0.5, 0.6) is 17.4 Å². The Labute approximate surface area is 238 Å². The normalized spacial score (nSPS) is 10.6. The van der Waals surface area contributed by atoms with Crippen molar-refractivity contribution in [3.05, 3.63) is 108 Å². The zero-order chi connectivity index (χ0) is 28.9. The van der Waals surface area contributed by atoms with E-state index in [1.165, 1.54) is 6.92 Å². The number of aryl methyl sites for hydroxylation is 1. The zero-order valence-corrected chi connectivity index (χ0v) is 23.2. The van der Waals surface area contributed by atoms with E-state index in [-0.39, 0.29) is 11.8 Å². The van der Waals surface area contributed by atoms with E-state index in [4.69, 9.17) is 19.3 Å². The molecule has 0 aliphatic heterocycles. The van der Waals surface area contributed by atoms with E-state index in [1.54, 1.807) is 49.2 Å². The highest BCUT2D eigenvalue weighted by molar-refractivity contribution is 6.04. The first-order valence-corrected chi connectivity index (χ1v) is 13.0. The molecule has 0 saturated carbocycles. The smallest absolute Gasteiger partial charge is 0.309 e. The Morgan fingerprint density at radius 2 is 1.59 bits per heavy atom.